The molecular formula is C12H15ClN2S. The molecule has 2 N–H and O–H groups in total. The minimum Gasteiger partial charge on any atom is -0.325 e. The number of thiazole rings is 1. The van der Waals surface area contributed by atoms with Gasteiger partial charge in [0.05, 0.1) is 5.69 Å². The molecule has 0 saturated carbocycles. The molecule has 86 valence electrons. The molecule has 1 aromatic heterocycles. The van der Waals surface area contributed by atoms with Crippen LogP contribution in [0.4, 0.5) is 0 Å². The Hall–Kier alpha value is -0.900. The molecule has 16 heavy (non-hydrogen) atoms. The van der Waals surface area contributed by atoms with E-state index < -0.39 is 0 Å². The predicted octanol–water partition coefficient (Wildman–Crippen LogP) is 3.25. The molecule has 2 nitrogen and oxygen atoms in total. The van der Waals surface area contributed by atoms with E-state index in [4.69, 9.17) is 5.73 Å². The van der Waals surface area contributed by atoms with Crippen LogP contribution >= 0.6 is 23.7 Å². The van der Waals surface area contributed by atoms with Crippen molar-refractivity contribution in [3.8, 4) is 10.6 Å². The number of benzene rings is 1. The molecule has 0 aliphatic carbocycles. The lowest BCUT2D eigenvalue weighted by Crippen LogP contribution is -1.96. The molecule has 0 spiro atoms. The summed E-state index contributed by atoms with van der Waals surface area (Å²) in [7, 11) is 0. The molecular weight excluding hydrogens is 240 g/mol. The monoisotopic (exact) mass is 254 g/mol. The highest BCUT2D eigenvalue weighted by Crippen LogP contribution is 2.27. The normalized spacial score (nSPS) is 9.88. The summed E-state index contributed by atoms with van der Waals surface area (Å²) < 4.78 is 0. The van der Waals surface area contributed by atoms with Gasteiger partial charge in [-0.3, -0.25) is 0 Å². The van der Waals surface area contributed by atoms with Crippen LogP contribution in [0.2, 0.25) is 0 Å². The third kappa shape index (κ3) is 2.61. The molecule has 1 heterocycles. The van der Waals surface area contributed by atoms with Gasteiger partial charge in [0.15, 0.2) is 0 Å². The molecule has 2 rings (SSSR count). The lowest BCUT2D eigenvalue weighted by atomic mass is 10.1. The Bertz CT molecular complexity index is 454. The van der Waals surface area contributed by atoms with Crippen molar-refractivity contribution >= 4 is 23.7 Å². The van der Waals surface area contributed by atoms with E-state index in [2.05, 4.69) is 36.2 Å². The maximum absolute atomic E-state index is 5.56. The van der Waals surface area contributed by atoms with E-state index in [9.17, 15) is 0 Å². The maximum Gasteiger partial charge on any atom is 0.123 e. The number of halogens is 1. The summed E-state index contributed by atoms with van der Waals surface area (Å²) in [6.07, 6.45) is 1.04. The SMILES string of the molecule is CCc1ccccc1-c1nc(CN)cs1.Cl. The number of hydrogen-bond donors (Lipinski definition) is 1. The first kappa shape index (κ1) is 13.2. The standard InChI is InChI=1S/C12H14N2S.ClH/c1-2-9-5-3-4-6-11(9)12-14-10(7-13)8-15-12;/h3-6,8H,2,7,13H2,1H3;1H. The van der Waals surface area contributed by atoms with E-state index in [1.807, 2.05) is 5.38 Å². The highest BCUT2D eigenvalue weighted by molar-refractivity contribution is 7.13. The minimum atomic E-state index is 0. The van der Waals surface area contributed by atoms with Crippen LogP contribution in [0.5, 0.6) is 0 Å². The summed E-state index contributed by atoms with van der Waals surface area (Å²) in [4.78, 5) is 4.50. The molecule has 0 aliphatic heterocycles. The van der Waals surface area contributed by atoms with Crippen molar-refractivity contribution < 1.29 is 0 Å². The highest BCUT2D eigenvalue weighted by Gasteiger charge is 2.06. The number of nitrogens with zero attached hydrogens (tertiary/aromatic N) is 1. The zero-order valence-electron chi connectivity index (χ0n) is 9.14. The summed E-state index contributed by atoms with van der Waals surface area (Å²) in [5, 5.41) is 3.11. The van der Waals surface area contributed by atoms with Crippen LogP contribution < -0.4 is 5.73 Å². The first-order valence-corrected chi connectivity index (χ1v) is 5.96. The van der Waals surface area contributed by atoms with E-state index in [-0.39, 0.29) is 12.4 Å². The molecule has 0 fully saturated rings. The summed E-state index contributed by atoms with van der Waals surface area (Å²) in [5.74, 6) is 0. The second-order valence-electron chi connectivity index (χ2n) is 3.36. The van der Waals surface area contributed by atoms with Crippen LogP contribution in [0.3, 0.4) is 0 Å². The van der Waals surface area contributed by atoms with Gasteiger partial charge in [-0.15, -0.1) is 23.7 Å². The largest absolute Gasteiger partial charge is 0.325 e. The van der Waals surface area contributed by atoms with Crippen LogP contribution in [-0.4, -0.2) is 4.98 Å². The number of aryl methyl sites for hydroxylation is 1. The quantitative estimate of drug-likeness (QED) is 0.913. The van der Waals surface area contributed by atoms with Crippen LogP contribution in [0.15, 0.2) is 29.6 Å². The molecule has 0 radical (unpaired) electrons. The van der Waals surface area contributed by atoms with E-state index in [0.717, 1.165) is 17.1 Å². The average molecular weight is 255 g/mol. The van der Waals surface area contributed by atoms with E-state index >= 15 is 0 Å². The van der Waals surface area contributed by atoms with Gasteiger partial charge in [0.2, 0.25) is 0 Å². The molecule has 0 saturated heterocycles. The van der Waals surface area contributed by atoms with Crippen LogP contribution in [-0.2, 0) is 13.0 Å². The highest BCUT2D eigenvalue weighted by atomic mass is 35.5. The summed E-state index contributed by atoms with van der Waals surface area (Å²) >= 11 is 1.67. The summed E-state index contributed by atoms with van der Waals surface area (Å²) in [5.41, 5.74) is 9.11. The third-order valence-electron chi connectivity index (χ3n) is 2.39. The van der Waals surface area contributed by atoms with Crippen molar-refractivity contribution in [2.24, 2.45) is 5.73 Å². The lowest BCUT2D eigenvalue weighted by Gasteiger charge is -2.03. The summed E-state index contributed by atoms with van der Waals surface area (Å²) in [6, 6.07) is 8.40. The molecule has 2 aromatic rings. The molecule has 0 amide bonds. The fourth-order valence-electron chi connectivity index (χ4n) is 1.56. The van der Waals surface area contributed by atoms with E-state index in [1.54, 1.807) is 11.3 Å². The topological polar surface area (TPSA) is 38.9 Å². The number of nitrogens with two attached hydrogens (primary N) is 1. The van der Waals surface area contributed by atoms with Crippen molar-refractivity contribution in [1.29, 1.82) is 0 Å². The molecule has 0 aliphatic rings. The smallest absolute Gasteiger partial charge is 0.123 e. The van der Waals surface area contributed by atoms with Crippen molar-refractivity contribution in [2.45, 2.75) is 19.9 Å². The van der Waals surface area contributed by atoms with Gasteiger partial charge < -0.3 is 5.73 Å². The number of aromatic nitrogens is 1. The molecule has 0 bridgehead atoms. The van der Waals surface area contributed by atoms with E-state index in [0.29, 0.717) is 6.54 Å². The Labute approximate surface area is 106 Å². The van der Waals surface area contributed by atoms with Gasteiger partial charge >= 0.3 is 0 Å². The average Bonchev–Trinajstić information content (AvgIpc) is 2.77. The van der Waals surface area contributed by atoms with Crippen molar-refractivity contribution in [2.75, 3.05) is 0 Å². The molecule has 4 heteroatoms. The van der Waals surface area contributed by atoms with Crippen molar-refractivity contribution in [1.82, 2.24) is 4.98 Å². The number of hydrogen-bond acceptors (Lipinski definition) is 3. The number of rotatable bonds is 3. The Morgan fingerprint density at radius 2 is 2.06 bits per heavy atom. The fourth-order valence-corrected chi connectivity index (χ4v) is 2.45. The second kappa shape index (κ2) is 5.99. The molecule has 0 atom stereocenters. The van der Waals surface area contributed by atoms with Crippen LogP contribution in [0, 0.1) is 0 Å². The fraction of sp³-hybridized carbons (Fsp3) is 0.250. The maximum atomic E-state index is 5.56. The first-order chi connectivity index (χ1) is 7.35. The van der Waals surface area contributed by atoms with Crippen LogP contribution in [0.25, 0.3) is 10.6 Å². The first-order valence-electron chi connectivity index (χ1n) is 5.08. The van der Waals surface area contributed by atoms with Crippen molar-refractivity contribution in [3.05, 3.63) is 40.9 Å². The predicted molar refractivity (Wildman–Crippen MR) is 72.1 cm³/mol. The van der Waals surface area contributed by atoms with E-state index in [1.165, 1.54) is 11.1 Å². The lowest BCUT2D eigenvalue weighted by molar-refractivity contribution is 1.01. The Balaban J connectivity index is 0.00000128. The van der Waals surface area contributed by atoms with Crippen molar-refractivity contribution in [3.63, 3.8) is 0 Å². The van der Waals surface area contributed by atoms with Gasteiger partial charge in [-0.1, -0.05) is 31.2 Å². The summed E-state index contributed by atoms with van der Waals surface area (Å²) in [6.45, 7) is 2.68. The Morgan fingerprint density at radius 1 is 1.31 bits per heavy atom. The third-order valence-corrected chi connectivity index (χ3v) is 3.31. The van der Waals surface area contributed by atoms with Gasteiger partial charge in [0, 0.05) is 17.5 Å². The minimum absolute atomic E-state index is 0. The molecule has 1 aromatic carbocycles. The zero-order chi connectivity index (χ0) is 10.7. The van der Waals surface area contributed by atoms with Gasteiger partial charge in [-0.2, -0.15) is 0 Å². The zero-order valence-corrected chi connectivity index (χ0v) is 10.8. The van der Waals surface area contributed by atoms with Crippen LogP contribution in [0.1, 0.15) is 18.2 Å². The van der Waals surface area contributed by atoms with Gasteiger partial charge in [0.25, 0.3) is 0 Å². The van der Waals surface area contributed by atoms with Gasteiger partial charge in [-0.25, -0.2) is 4.98 Å². The second-order valence-corrected chi connectivity index (χ2v) is 4.22. The Morgan fingerprint density at radius 3 is 2.69 bits per heavy atom. The Kier molecular flexibility index (Phi) is 4.93. The van der Waals surface area contributed by atoms with Gasteiger partial charge in [0.1, 0.15) is 5.01 Å². The van der Waals surface area contributed by atoms with Gasteiger partial charge in [-0.05, 0) is 12.0 Å². The molecule has 0 unspecified atom stereocenters.